The number of amidine groups is 1. The van der Waals surface area contributed by atoms with Gasteiger partial charge < -0.3 is 10.3 Å². The number of hydrogen-bond donors (Lipinski definition) is 2. The Bertz CT molecular complexity index is 1060. The molecule has 4 rings (SSSR count). The molecule has 1 aliphatic rings. The molecule has 1 aliphatic carbocycles. The van der Waals surface area contributed by atoms with Crippen molar-refractivity contribution in [1.29, 1.82) is 5.41 Å². The number of hydrogen-bond acceptors (Lipinski definition) is 3. The number of aryl methyl sites for hydroxylation is 1. The molecule has 5 nitrogen and oxygen atoms in total. The molecule has 0 saturated heterocycles. The maximum Gasteiger partial charge on any atom is 0.168 e. The van der Waals surface area contributed by atoms with Crippen LogP contribution in [-0.4, -0.2) is 21.2 Å². The second kappa shape index (κ2) is 7.99. The van der Waals surface area contributed by atoms with E-state index >= 15 is 0 Å². The summed E-state index contributed by atoms with van der Waals surface area (Å²) in [6, 6.07) is 13.6. The fourth-order valence-corrected chi connectivity index (χ4v) is 4.26. The average Bonchev–Trinajstić information content (AvgIpc) is 3.26. The Morgan fingerprint density at radius 3 is 2.38 bits per heavy atom. The van der Waals surface area contributed by atoms with Crippen LogP contribution in [0.15, 0.2) is 42.5 Å². The number of nitrogens with zero attached hydrogens (tertiary/aromatic N) is 2. The summed E-state index contributed by atoms with van der Waals surface area (Å²) >= 11 is 0. The molecule has 0 unspecified atom stereocenters. The van der Waals surface area contributed by atoms with Crippen LogP contribution >= 0.6 is 12.4 Å². The highest BCUT2D eigenvalue weighted by atomic mass is 35.5. The molecular formula is C23H27ClN4O. The van der Waals surface area contributed by atoms with Gasteiger partial charge >= 0.3 is 0 Å². The van der Waals surface area contributed by atoms with Gasteiger partial charge in [-0.25, -0.2) is 4.98 Å². The van der Waals surface area contributed by atoms with E-state index in [9.17, 15) is 4.79 Å². The number of rotatable bonds is 5. The van der Waals surface area contributed by atoms with Crippen LogP contribution in [0.1, 0.15) is 59.9 Å². The number of Topliss-reactive ketones (excluding diaryl/α,β-unsaturated/α-hetero) is 1. The van der Waals surface area contributed by atoms with Crippen LogP contribution in [0.5, 0.6) is 0 Å². The molecule has 29 heavy (non-hydrogen) atoms. The van der Waals surface area contributed by atoms with E-state index in [-0.39, 0.29) is 29.4 Å². The largest absolute Gasteiger partial charge is 0.384 e. The summed E-state index contributed by atoms with van der Waals surface area (Å²) in [4.78, 5) is 17.8. The lowest BCUT2D eigenvalue weighted by Crippen LogP contribution is -2.24. The van der Waals surface area contributed by atoms with E-state index in [2.05, 4.69) is 11.5 Å². The summed E-state index contributed by atoms with van der Waals surface area (Å²) in [5.41, 5.74) is 9.80. The van der Waals surface area contributed by atoms with Crippen molar-refractivity contribution in [3.8, 4) is 0 Å². The van der Waals surface area contributed by atoms with Crippen molar-refractivity contribution in [2.45, 2.75) is 39.0 Å². The van der Waals surface area contributed by atoms with Gasteiger partial charge in [-0.15, -0.1) is 12.4 Å². The number of benzene rings is 2. The normalized spacial score (nSPS) is 15.2. The Morgan fingerprint density at radius 1 is 1.14 bits per heavy atom. The maximum atomic E-state index is 13.0. The van der Waals surface area contributed by atoms with Crippen LogP contribution < -0.4 is 5.73 Å². The van der Waals surface area contributed by atoms with Crippen molar-refractivity contribution in [1.82, 2.24) is 9.55 Å². The Hall–Kier alpha value is -2.66. The minimum absolute atomic E-state index is 0. The van der Waals surface area contributed by atoms with Gasteiger partial charge in [-0.05, 0) is 36.6 Å². The second-order valence-corrected chi connectivity index (χ2v) is 8.17. The Morgan fingerprint density at radius 2 is 1.76 bits per heavy atom. The summed E-state index contributed by atoms with van der Waals surface area (Å²) in [6.07, 6.45) is 4.92. The summed E-state index contributed by atoms with van der Waals surface area (Å²) in [5, 5.41) is 7.50. The van der Waals surface area contributed by atoms with Gasteiger partial charge in [0, 0.05) is 30.0 Å². The topological polar surface area (TPSA) is 84.8 Å². The first kappa shape index (κ1) is 21.1. The van der Waals surface area contributed by atoms with E-state index < -0.39 is 0 Å². The Balaban J connectivity index is 0.00000240. The van der Waals surface area contributed by atoms with Crippen molar-refractivity contribution in [2.24, 2.45) is 18.2 Å². The van der Waals surface area contributed by atoms with Gasteiger partial charge in [-0.3, -0.25) is 10.2 Å². The van der Waals surface area contributed by atoms with E-state index in [1.807, 2.05) is 49.5 Å². The number of carbonyl (C=O) groups excluding carboxylic acids is 1. The summed E-state index contributed by atoms with van der Waals surface area (Å²) in [5.74, 6) is 1.27. The maximum absolute atomic E-state index is 13.0. The van der Waals surface area contributed by atoms with E-state index in [1.54, 1.807) is 0 Å². The van der Waals surface area contributed by atoms with Crippen molar-refractivity contribution in [2.75, 3.05) is 0 Å². The van der Waals surface area contributed by atoms with Gasteiger partial charge in [0.05, 0.1) is 11.0 Å². The van der Waals surface area contributed by atoms with E-state index in [4.69, 9.17) is 16.1 Å². The third-order valence-corrected chi connectivity index (χ3v) is 6.12. The molecule has 0 aliphatic heterocycles. The quantitative estimate of drug-likeness (QED) is 0.365. The monoisotopic (exact) mass is 410 g/mol. The van der Waals surface area contributed by atoms with Gasteiger partial charge in [0.2, 0.25) is 0 Å². The first-order valence-corrected chi connectivity index (χ1v) is 9.81. The summed E-state index contributed by atoms with van der Waals surface area (Å²) < 4.78 is 2.08. The zero-order valence-electron chi connectivity index (χ0n) is 16.9. The number of aromatic nitrogens is 2. The number of ketones is 1. The predicted octanol–water partition coefficient (Wildman–Crippen LogP) is 4.63. The Kier molecular flexibility index (Phi) is 5.80. The standard InChI is InChI=1S/C23H26N4O.ClH/c1-23(11-3-4-12-23)21(28)17-9-10-19-18(14-17)26-20(27(19)2)13-15-5-7-16(8-6-15)22(24)25;/h5-10,14H,3-4,11-13H2,1-2H3,(H3,24,25);1H. The number of nitrogens with one attached hydrogen (secondary N) is 1. The third-order valence-electron chi connectivity index (χ3n) is 6.12. The van der Waals surface area contributed by atoms with Crippen LogP contribution in [0.4, 0.5) is 0 Å². The predicted molar refractivity (Wildman–Crippen MR) is 119 cm³/mol. The van der Waals surface area contributed by atoms with E-state index in [0.29, 0.717) is 6.42 Å². The fraction of sp³-hybridized carbons (Fsp3) is 0.348. The fourth-order valence-electron chi connectivity index (χ4n) is 4.26. The van der Waals surface area contributed by atoms with Crippen LogP contribution in [0.3, 0.4) is 0 Å². The average molecular weight is 411 g/mol. The smallest absolute Gasteiger partial charge is 0.168 e. The lowest BCUT2D eigenvalue weighted by atomic mass is 9.81. The molecule has 0 atom stereocenters. The number of fused-ring (bicyclic) bond motifs is 1. The third kappa shape index (κ3) is 3.92. The van der Waals surface area contributed by atoms with Crippen LogP contribution in [0.2, 0.25) is 0 Å². The zero-order valence-corrected chi connectivity index (χ0v) is 17.7. The van der Waals surface area contributed by atoms with Gasteiger partial charge in [0.15, 0.2) is 5.78 Å². The lowest BCUT2D eigenvalue weighted by Gasteiger charge is -2.21. The molecule has 1 heterocycles. The summed E-state index contributed by atoms with van der Waals surface area (Å²) in [7, 11) is 2.01. The van der Waals surface area contributed by atoms with Gasteiger partial charge in [-0.1, -0.05) is 44.0 Å². The van der Waals surface area contributed by atoms with Gasteiger partial charge in [0.25, 0.3) is 0 Å². The van der Waals surface area contributed by atoms with E-state index in [0.717, 1.165) is 59.2 Å². The molecule has 1 fully saturated rings. The molecular weight excluding hydrogens is 384 g/mol. The zero-order chi connectivity index (χ0) is 19.9. The number of nitrogen functional groups attached to an aromatic ring is 1. The highest BCUT2D eigenvalue weighted by Gasteiger charge is 2.36. The molecule has 0 amide bonds. The molecule has 3 N–H and O–H groups in total. The van der Waals surface area contributed by atoms with E-state index in [1.165, 1.54) is 0 Å². The molecule has 2 aromatic carbocycles. The molecule has 0 spiro atoms. The molecule has 0 bridgehead atoms. The number of halogens is 1. The SMILES string of the molecule is Cl.Cn1c(Cc2ccc(C(=N)N)cc2)nc2cc(C(=O)C3(C)CCCC3)ccc21. The highest BCUT2D eigenvalue weighted by Crippen LogP contribution is 2.40. The van der Waals surface area contributed by atoms with Crippen molar-refractivity contribution >= 4 is 35.1 Å². The molecule has 6 heteroatoms. The van der Waals surface area contributed by atoms with Crippen LogP contribution in [-0.2, 0) is 13.5 Å². The number of nitrogens with two attached hydrogens (primary N) is 1. The number of carbonyl (C=O) groups is 1. The van der Waals surface area contributed by atoms with Crippen molar-refractivity contribution < 1.29 is 4.79 Å². The molecule has 0 radical (unpaired) electrons. The summed E-state index contributed by atoms with van der Waals surface area (Å²) in [6.45, 7) is 2.10. The highest BCUT2D eigenvalue weighted by molar-refractivity contribution is 6.02. The second-order valence-electron chi connectivity index (χ2n) is 8.17. The minimum Gasteiger partial charge on any atom is -0.384 e. The molecule has 1 aromatic heterocycles. The lowest BCUT2D eigenvalue weighted by molar-refractivity contribution is 0.0823. The van der Waals surface area contributed by atoms with Crippen molar-refractivity contribution in [3.05, 3.63) is 65.0 Å². The Labute approximate surface area is 177 Å². The first-order valence-electron chi connectivity index (χ1n) is 9.81. The molecule has 1 saturated carbocycles. The van der Waals surface area contributed by atoms with Crippen LogP contribution in [0.25, 0.3) is 11.0 Å². The van der Waals surface area contributed by atoms with Crippen molar-refractivity contribution in [3.63, 3.8) is 0 Å². The van der Waals surface area contributed by atoms with Gasteiger partial charge in [-0.2, -0.15) is 0 Å². The minimum atomic E-state index is -0.219. The van der Waals surface area contributed by atoms with Crippen LogP contribution in [0, 0.1) is 10.8 Å². The molecule has 3 aromatic rings. The number of imidazole rings is 1. The first-order chi connectivity index (χ1) is 13.4. The van der Waals surface area contributed by atoms with Gasteiger partial charge in [0.1, 0.15) is 11.7 Å². The molecule has 152 valence electrons.